The Morgan fingerprint density at radius 3 is 3.11 bits per heavy atom. The molecule has 27 heavy (non-hydrogen) atoms. The molecule has 5 nitrogen and oxygen atoms in total. The van der Waals surface area contributed by atoms with Gasteiger partial charge in [-0.25, -0.2) is 4.39 Å². The van der Waals surface area contributed by atoms with Gasteiger partial charge in [0.05, 0.1) is 17.2 Å². The zero-order valence-corrected chi connectivity index (χ0v) is 15.7. The van der Waals surface area contributed by atoms with Gasteiger partial charge in [0.25, 0.3) is 0 Å². The molecule has 3 aliphatic heterocycles. The third kappa shape index (κ3) is 2.61. The SMILES string of the molecule is CC(=O)NC[C@H]1[C@H]2CN(c3cc(C)nc4ccc(F)cc34)C[C@]23CC[C@H]1O3. The van der Waals surface area contributed by atoms with Gasteiger partial charge < -0.3 is 15.0 Å². The third-order valence-electron chi connectivity index (χ3n) is 6.59. The highest BCUT2D eigenvalue weighted by molar-refractivity contribution is 5.92. The highest BCUT2D eigenvalue weighted by Crippen LogP contribution is 2.55. The average molecular weight is 369 g/mol. The second kappa shape index (κ2) is 5.89. The number of aromatic nitrogens is 1. The number of pyridine rings is 1. The first kappa shape index (κ1) is 16.9. The lowest BCUT2D eigenvalue weighted by Crippen LogP contribution is -2.41. The highest BCUT2D eigenvalue weighted by atomic mass is 19.1. The van der Waals surface area contributed by atoms with Crippen LogP contribution in [0, 0.1) is 24.6 Å². The van der Waals surface area contributed by atoms with Crippen LogP contribution in [0.2, 0.25) is 0 Å². The van der Waals surface area contributed by atoms with Crippen molar-refractivity contribution >= 4 is 22.5 Å². The van der Waals surface area contributed by atoms with Crippen LogP contribution in [0.3, 0.4) is 0 Å². The van der Waals surface area contributed by atoms with Crippen LogP contribution in [0.25, 0.3) is 10.9 Å². The van der Waals surface area contributed by atoms with Crippen molar-refractivity contribution in [3.05, 3.63) is 35.8 Å². The molecule has 0 radical (unpaired) electrons. The van der Waals surface area contributed by atoms with Crippen LogP contribution in [0.1, 0.15) is 25.5 Å². The van der Waals surface area contributed by atoms with Gasteiger partial charge in [0.15, 0.2) is 0 Å². The summed E-state index contributed by atoms with van der Waals surface area (Å²) in [6, 6.07) is 6.84. The second-order valence-electron chi connectivity index (χ2n) is 8.29. The Hall–Kier alpha value is -2.21. The molecule has 4 atom stereocenters. The summed E-state index contributed by atoms with van der Waals surface area (Å²) in [6.07, 6.45) is 2.36. The van der Waals surface area contributed by atoms with E-state index >= 15 is 0 Å². The molecule has 2 aromatic rings. The quantitative estimate of drug-likeness (QED) is 0.904. The standard InChI is InChI=1S/C21H24FN3O2/c1-12-7-19(15-8-14(22)3-4-18(15)24-12)25-10-17-16(9-23-13(2)26)20-5-6-21(17,11-25)27-20/h3-4,7-8,16-17,20H,5-6,9-11H2,1-2H3,(H,23,26)/t16-,17+,20+,21+/m0/s1. The number of carbonyl (C=O) groups excluding carboxylic acids is 1. The number of amides is 1. The summed E-state index contributed by atoms with van der Waals surface area (Å²) in [5, 5.41) is 3.84. The molecule has 142 valence electrons. The molecule has 0 unspecified atom stereocenters. The molecule has 3 aliphatic rings. The summed E-state index contributed by atoms with van der Waals surface area (Å²) < 4.78 is 20.4. The molecule has 1 aromatic heterocycles. The van der Waals surface area contributed by atoms with E-state index in [0.29, 0.717) is 18.4 Å². The molecule has 6 heteroatoms. The number of halogens is 1. The number of nitrogens with zero attached hydrogens (tertiary/aromatic N) is 2. The van der Waals surface area contributed by atoms with E-state index in [4.69, 9.17) is 4.74 Å². The topological polar surface area (TPSA) is 54.5 Å². The molecule has 0 aliphatic carbocycles. The number of carbonyl (C=O) groups is 1. The highest BCUT2D eigenvalue weighted by Gasteiger charge is 2.62. The van der Waals surface area contributed by atoms with E-state index in [1.165, 1.54) is 6.07 Å². The minimum absolute atomic E-state index is 0.00732. The third-order valence-corrected chi connectivity index (χ3v) is 6.59. The van der Waals surface area contributed by atoms with Gasteiger partial charge in [-0.05, 0) is 44.0 Å². The predicted octanol–water partition coefficient (Wildman–Crippen LogP) is 2.80. The van der Waals surface area contributed by atoms with Gasteiger partial charge in [0, 0.05) is 55.2 Å². The maximum absolute atomic E-state index is 13.9. The Balaban J connectivity index is 1.50. The van der Waals surface area contributed by atoms with Gasteiger partial charge in [0.1, 0.15) is 5.82 Å². The van der Waals surface area contributed by atoms with Crippen molar-refractivity contribution in [2.75, 3.05) is 24.5 Å². The number of hydrogen-bond donors (Lipinski definition) is 1. The normalized spacial score (nSPS) is 31.5. The van der Waals surface area contributed by atoms with E-state index in [9.17, 15) is 9.18 Å². The van der Waals surface area contributed by atoms with Crippen molar-refractivity contribution in [1.29, 1.82) is 0 Å². The van der Waals surface area contributed by atoms with Crippen LogP contribution in [0.15, 0.2) is 24.3 Å². The monoisotopic (exact) mass is 369 g/mol. The van der Waals surface area contributed by atoms with E-state index in [-0.39, 0.29) is 23.4 Å². The molecule has 1 amide bonds. The van der Waals surface area contributed by atoms with Gasteiger partial charge in [0.2, 0.25) is 5.91 Å². The molecule has 2 bridgehead atoms. The van der Waals surface area contributed by atoms with Crippen molar-refractivity contribution in [1.82, 2.24) is 10.3 Å². The van der Waals surface area contributed by atoms with Gasteiger partial charge >= 0.3 is 0 Å². The van der Waals surface area contributed by atoms with Crippen molar-refractivity contribution in [2.24, 2.45) is 11.8 Å². The largest absolute Gasteiger partial charge is 0.369 e. The summed E-state index contributed by atoms with van der Waals surface area (Å²) in [7, 11) is 0. The number of ether oxygens (including phenoxy) is 1. The molecule has 1 N–H and O–H groups in total. The lowest BCUT2D eigenvalue weighted by Gasteiger charge is -2.29. The first-order valence-corrected chi connectivity index (χ1v) is 9.69. The summed E-state index contributed by atoms with van der Waals surface area (Å²) in [4.78, 5) is 18.3. The van der Waals surface area contributed by atoms with Gasteiger partial charge in [-0.3, -0.25) is 9.78 Å². The fourth-order valence-electron chi connectivity index (χ4n) is 5.48. The van der Waals surface area contributed by atoms with Crippen molar-refractivity contribution in [2.45, 2.75) is 38.4 Å². The minimum atomic E-state index is -0.243. The molecule has 3 saturated heterocycles. The number of fused-ring (bicyclic) bond motifs is 2. The minimum Gasteiger partial charge on any atom is -0.369 e. The summed E-state index contributed by atoms with van der Waals surface area (Å²) in [5.41, 5.74) is 2.65. The maximum atomic E-state index is 13.9. The molecule has 4 heterocycles. The smallest absolute Gasteiger partial charge is 0.216 e. The zero-order valence-electron chi connectivity index (χ0n) is 15.7. The predicted molar refractivity (Wildman–Crippen MR) is 101 cm³/mol. The molecule has 0 saturated carbocycles. The van der Waals surface area contributed by atoms with Gasteiger partial charge in [-0.15, -0.1) is 0 Å². The number of nitrogens with one attached hydrogen (secondary N) is 1. The lowest BCUT2D eigenvalue weighted by molar-refractivity contribution is -0.119. The van der Waals surface area contributed by atoms with Gasteiger partial charge in [-0.2, -0.15) is 0 Å². The number of aryl methyl sites for hydroxylation is 1. The average Bonchev–Trinajstić information content (AvgIpc) is 3.27. The number of hydrogen-bond acceptors (Lipinski definition) is 4. The van der Waals surface area contributed by atoms with E-state index < -0.39 is 0 Å². The first-order chi connectivity index (χ1) is 12.9. The number of anilines is 1. The Labute approximate surface area is 157 Å². The number of rotatable bonds is 3. The fourth-order valence-corrected chi connectivity index (χ4v) is 5.48. The van der Waals surface area contributed by atoms with E-state index in [1.54, 1.807) is 19.1 Å². The molecule has 1 aromatic carbocycles. The molecule has 1 spiro atoms. The summed E-state index contributed by atoms with van der Waals surface area (Å²) in [6.45, 7) is 5.90. The molecular formula is C21H24FN3O2. The Bertz CT molecular complexity index is 933. The Morgan fingerprint density at radius 1 is 1.44 bits per heavy atom. The first-order valence-electron chi connectivity index (χ1n) is 9.69. The van der Waals surface area contributed by atoms with Gasteiger partial charge in [-0.1, -0.05) is 0 Å². The maximum Gasteiger partial charge on any atom is 0.216 e. The van der Waals surface area contributed by atoms with E-state index in [0.717, 1.165) is 48.2 Å². The molecule has 5 rings (SSSR count). The van der Waals surface area contributed by atoms with Crippen LogP contribution in [-0.2, 0) is 9.53 Å². The van der Waals surface area contributed by atoms with Crippen molar-refractivity contribution in [3.63, 3.8) is 0 Å². The van der Waals surface area contributed by atoms with Crippen LogP contribution >= 0.6 is 0 Å². The van der Waals surface area contributed by atoms with Crippen molar-refractivity contribution in [3.8, 4) is 0 Å². The summed E-state index contributed by atoms with van der Waals surface area (Å²) in [5.74, 6) is 0.499. The zero-order chi connectivity index (χ0) is 18.8. The summed E-state index contributed by atoms with van der Waals surface area (Å²) >= 11 is 0. The van der Waals surface area contributed by atoms with E-state index in [2.05, 4.69) is 21.3 Å². The molecule has 3 fully saturated rings. The second-order valence-corrected chi connectivity index (χ2v) is 8.29. The Kier molecular flexibility index (Phi) is 3.69. The van der Waals surface area contributed by atoms with Crippen molar-refractivity contribution < 1.29 is 13.9 Å². The van der Waals surface area contributed by atoms with Crippen LogP contribution in [-0.4, -0.2) is 42.2 Å². The van der Waals surface area contributed by atoms with Crippen LogP contribution in [0.5, 0.6) is 0 Å². The number of benzene rings is 1. The lowest BCUT2D eigenvalue weighted by atomic mass is 9.73. The molecular weight excluding hydrogens is 345 g/mol. The fraction of sp³-hybridized carbons (Fsp3) is 0.524. The van der Waals surface area contributed by atoms with E-state index in [1.807, 2.05) is 6.92 Å². The van der Waals surface area contributed by atoms with Crippen LogP contribution in [0.4, 0.5) is 10.1 Å². The van der Waals surface area contributed by atoms with Crippen LogP contribution < -0.4 is 10.2 Å². The Morgan fingerprint density at radius 2 is 2.30 bits per heavy atom.